The van der Waals surface area contributed by atoms with Gasteiger partial charge in [-0.05, 0) is 45.8 Å². The molecule has 1 aliphatic rings. The second kappa shape index (κ2) is 8.49. The number of carbonyl (C=O) groups excluding carboxylic acids is 2. The summed E-state index contributed by atoms with van der Waals surface area (Å²) in [5, 5.41) is 2.85. The van der Waals surface area contributed by atoms with Crippen molar-refractivity contribution < 1.29 is 9.59 Å². The van der Waals surface area contributed by atoms with Crippen LogP contribution in [-0.4, -0.2) is 66.8 Å². The predicted molar refractivity (Wildman–Crippen MR) is 85.2 cm³/mol. The van der Waals surface area contributed by atoms with Gasteiger partial charge in [-0.2, -0.15) is 0 Å². The minimum Gasteiger partial charge on any atom is -0.345 e. The van der Waals surface area contributed by atoms with Gasteiger partial charge >= 0.3 is 0 Å². The third-order valence-electron chi connectivity index (χ3n) is 4.26. The normalized spacial score (nSPS) is 21.0. The minimum atomic E-state index is -0.371. The number of likely N-dealkylation sites (tertiary alicyclic amines) is 1. The molecule has 5 nitrogen and oxygen atoms in total. The second-order valence-electron chi connectivity index (χ2n) is 6.52. The van der Waals surface area contributed by atoms with E-state index in [0.29, 0.717) is 12.6 Å². The van der Waals surface area contributed by atoms with Crippen molar-refractivity contribution in [1.29, 1.82) is 0 Å². The molecule has 0 aromatic heterocycles. The summed E-state index contributed by atoms with van der Waals surface area (Å²) in [6, 6.07) is 0.186. The van der Waals surface area contributed by atoms with Crippen molar-refractivity contribution in [3.05, 3.63) is 0 Å². The average Bonchev–Trinajstić information content (AvgIpc) is 2.82. The fourth-order valence-electron chi connectivity index (χ4n) is 3.14. The smallest absolute Gasteiger partial charge is 0.234 e. The lowest BCUT2D eigenvalue weighted by Crippen LogP contribution is -2.48. The highest BCUT2D eigenvalue weighted by Gasteiger charge is 2.25. The van der Waals surface area contributed by atoms with Crippen LogP contribution in [0.2, 0.25) is 0 Å². The number of rotatable bonds is 8. The van der Waals surface area contributed by atoms with Gasteiger partial charge in [0.2, 0.25) is 5.91 Å². The van der Waals surface area contributed by atoms with Crippen molar-refractivity contribution in [3.8, 4) is 0 Å². The molecule has 2 atom stereocenters. The van der Waals surface area contributed by atoms with E-state index in [1.54, 1.807) is 0 Å². The molecule has 0 spiro atoms. The first-order valence-electron chi connectivity index (χ1n) is 8.07. The van der Waals surface area contributed by atoms with Gasteiger partial charge in [-0.1, -0.05) is 20.8 Å². The van der Waals surface area contributed by atoms with E-state index in [2.05, 4.69) is 22.0 Å². The zero-order valence-corrected chi connectivity index (χ0v) is 14.2. The monoisotopic (exact) mass is 297 g/mol. The van der Waals surface area contributed by atoms with Gasteiger partial charge in [0.1, 0.15) is 0 Å². The molecule has 1 aliphatic heterocycles. The molecule has 2 unspecified atom stereocenters. The predicted octanol–water partition coefficient (Wildman–Crippen LogP) is 1.13. The number of hydrogen-bond acceptors (Lipinski definition) is 4. The van der Waals surface area contributed by atoms with Crippen LogP contribution in [-0.2, 0) is 9.59 Å². The molecule has 1 amide bonds. The van der Waals surface area contributed by atoms with Gasteiger partial charge in [0.05, 0.1) is 12.6 Å². The van der Waals surface area contributed by atoms with Crippen LogP contribution in [0.4, 0.5) is 0 Å². The fraction of sp³-hybridized carbons (Fsp3) is 0.875. The SMILES string of the molecule is CCN1CCCC1CN(C)CC(=O)NC(C(C)=O)C(C)C. The molecule has 0 aromatic carbocycles. The molecule has 122 valence electrons. The van der Waals surface area contributed by atoms with E-state index in [9.17, 15) is 9.59 Å². The lowest BCUT2D eigenvalue weighted by molar-refractivity contribution is -0.128. The van der Waals surface area contributed by atoms with Crippen LogP contribution in [0.3, 0.4) is 0 Å². The quantitative estimate of drug-likeness (QED) is 0.730. The molecule has 0 radical (unpaired) electrons. The van der Waals surface area contributed by atoms with E-state index in [1.807, 2.05) is 20.9 Å². The van der Waals surface area contributed by atoms with Gasteiger partial charge < -0.3 is 5.32 Å². The zero-order valence-electron chi connectivity index (χ0n) is 14.2. The molecule has 1 heterocycles. The Balaban J connectivity index is 2.41. The average molecular weight is 297 g/mol. The number of carbonyl (C=O) groups is 2. The summed E-state index contributed by atoms with van der Waals surface area (Å²) in [4.78, 5) is 28.1. The highest BCUT2D eigenvalue weighted by Crippen LogP contribution is 2.17. The fourth-order valence-corrected chi connectivity index (χ4v) is 3.14. The molecule has 0 aromatic rings. The van der Waals surface area contributed by atoms with E-state index in [-0.39, 0.29) is 23.7 Å². The maximum atomic E-state index is 12.1. The summed E-state index contributed by atoms with van der Waals surface area (Å²) >= 11 is 0. The molecule has 0 saturated carbocycles. The van der Waals surface area contributed by atoms with Crippen LogP contribution >= 0.6 is 0 Å². The van der Waals surface area contributed by atoms with Crippen LogP contribution in [0.5, 0.6) is 0 Å². The highest BCUT2D eigenvalue weighted by molar-refractivity contribution is 5.88. The number of nitrogens with one attached hydrogen (secondary N) is 1. The molecule has 1 rings (SSSR count). The standard InChI is InChI=1S/C16H31N3O2/c1-6-19-9-7-8-14(19)10-18(5)11-15(21)17-16(12(2)3)13(4)20/h12,14,16H,6-11H2,1-5H3,(H,17,21). The Labute approximate surface area is 129 Å². The maximum Gasteiger partial charge on any atom is 0.234 e. The van der Waals surface area contributed by atoms with Crippen molar-refractivity contribution >= 4 is 11.7 Å². The Morgan fingerprint density at radius 3 is 2.57 bits per heavy atom. The maximum absolute atomic E-state index is 12.1. The van der Waals surface area contributed by atoms with Crippen molar-refractivity contribution in [2.24, 2.45) is 5.92 Å². The van der Waals surface area contributed by atoms with Crippen molar-refractivity contribution in [2.75, 3.05) is 33.2 Å². The lowest BCUT2D eigenvalue weighted by Gasteiger charge is -2.28. The van der Waals surface area contributed by atoms with E-state index in [4.69, 9.17) is 0 Å². The summed E-state index contributed by atoms with van der Waals surface area (Å²) in [6.45, 7) is 11.1. The third-order valence-corrected chi connectivity index (χ3v) is 4.26. The molecule has 1 saturated heterocycles. The number of ketones is 1. The first-order valence-corrected chi connectivity index (χ1v) is 8.07. The third kappa shape index (κ3) is 5.75. The van der Waals surface area contributed by atoms with Gasteiger partial charge in [-0.15, -0.1) is 0 Å². The second-order valence-corrected chi connectivity index (χ2v) is 6.52. The van der Waals surface area contributed by atoms with Gasteiger partial charge in [-0.3, -0.25) is 19.4 Å². The summed E-state index contributed by atoms with van der Waals surface area (Å²) in [5.41, 5.74) is 0. The van der Waals surface area contributed by atoms with E-state index >= 15 is 0 Å². The Morgan fingerprint density at radius 2 is 2.05 bits per heavy atom. The van der Waals surface area contributed by atoms with Gasteiger partial charge in [0, 0.05) is 12.6 Å². The molecule has 0 aliphatic carbocycles. The first kappa shape index (κ1) is 18.1. The number of nitrogens with zero attached hydrogens (tertiary/aromatic N) is 2. The van der Waals surface area contributed by atoms with Gasteiger partial charge in [-0.25, -0.2) is 0 Å². The largest absolute Gasteiger partial charge is 0.345 e. The molecule has 21 heavy (non-hydrogen) atoms. The Bertz CT molecular complexity index is 357. The van der Waals surface area contributed by atoms with Crippen molar-refractivity contribution in [2.45, 2.75) is 52.6 Å². The number of likely N-dealkylation sites (N-methyl/N-ethyl adjacent to an activating group) is 2. The molecule has 1 N–H and O–H groups in total. The van der Waals surface area contributed by atoms with Crippen LogP contribution in [0.25, 0.3) is 0 Å². The van der Waals surface area contributed by atoms with Gasteiger partial charge in [0.25, 0.3) is 0 Å². The topological polar surface area (TPSA) is 52.6 Å². The Morgan fingerprint density at radius 1 is 1.38 bits per heavy atom. The highest BCUT2D eigenvalue weighted by atomic mass is 16.2. The zero-order chi connectivity index (χ0) is 16.0. The van der Waals surface area contributed by atoms with Crippen molar-refractivity contribution in [1.82, 2.24) is 15.1 Å². The van der Waals surface area contributed by atoms with Crippen LogP contribution in [0, 0.1) is 5.92 Å². The molecular formula is C16H31N3O2. The minimum absolute atomic E-state index is 0.0222. The summed E-state index contributed by atoms with van der Waals surface area (Å²) in [5.74, 6) is 0.0866. The lowest BCUT2D eigenvalue weighted by atomic mass is 10.0. The number of amides is 1. The Hall–Kier alpha value is -0.940. The Kier molecular flexibility index (Phi) is 7.32. The van der Waals surface area contributed by atoms with Crippen molar-refractivity contribution in [3.63, 3.8) is 0 Å². The molecule has 0 bridgehead atoms. The van der Waals surface area contributed by atoms with E-state index < -0.39 is 0 Å². The van der Waals surface area contributed by atoms with Crippen LogP contribution < -0.4 is 5.32 Å². The molecular weight excluding hydrogens is 266 g/mol. The van der Waals surface area contributed by atoms with E-state index in [1.165, 1.54) is 26.3 Å². The first-order chi connectivity index (χ1) is 9.85. The summed E-state index contributed by atoms with van der Waals surface area (Å²) < 4.78 is 0. The molecule has 5 heteroatoms. The number of Topliss-reactive ketones (excluding diaryl/α,β-unsaturated/α-hetero) is 1. The van der Waals surface area contributed by atoms with Crippen LogP contribution in [0.15, 0.2) is 0 Å². The summed E-state index contributed by atoms with van der Waals surface area (Å²) in [7, 11) is 1.98. The van der Waals surface area contributed by atoms with Crippen LogP contribution in [0.1, 0.15) is 40.5 Å². The van der Waals surface area contributed by atoms with Gasteiger partial charge in [0.15, 0.2) is 5.78 Å². The molecule has 1 fully saturated rings. The summed E-state index contributed by atoms with van der Waals surface area (Å²) in [6.07, 6.45) is 2.46. The number of hydrogen-bond donors (Lipinski definition) is 1. The van der Waals surface area contributed by atoms with E-state index in [0.717, 1.165) is 13.1 Å².